The highest BCUT2D eigenvalue weighted by Gasteiger charge is 2.63. The van der Waals surface area contributed by atoms with Crippen LogP contribution in [0.25, 0.3) is 0 Å². The summed E-state index contributed by atoms with van der Waals surface area (Å²) in [6, 6.07) is 14.8. The molecule has 1 fully saturated rings. The van der Waals surface area contributed by atoms with Gasteiger partial charge in [0, 0.05) is 5.92 Å². The minimum atomic E-state index is -4.07. The van der Waals surface area contributed by atoms with Crippen molar-refractivity contribution in [1.82, 2.24) is 4.90 Å². The van der Waals surface area contributed by atoms with Crippen molar-refractivity contribution >= 4 is 27.8 Å². The second-order valence-electron chi connectivity index (χ2n) is 7.32. The van der Waals surface area contributed by atoms with E-state index in [0.29, 0.717) is 11.3 Å². The molecule has 0 spiro atoms. The lowest BCUT2D eigenvalue weighted by Crippen LogP contribution is -2.58. The number of carboxylic acid groups (broad SMARTS) is 1. The van der Waals surface area contributed by atoms with Crippen molar-refractivity contribution < 1.29 is 27.9 Å². The number of benzene rings is 2. The van der Waals surface area contributed by atoms with Crippen LogP contribution in [0, 0.1) is 0 Å². The third-order valence-corrected chi connectivity index (χ3v) is 7.52. The summed E-state index contributed by atoms with van der Waals surface area (Å²) in [5.74, 6) is -1.71. The number of sulfonamides is 1. The van der Waals surface area contributed by atoms with Crippen LogP contribution in [0.5, 0.6) is 0 Å². The van der Waals surface area contributed by atoms with Crippen molar-refractivity contribution in [2.75, 3.05) is 11.4 Å². The van der Waals surface area contributed by atoms with E-state index < -0.39 is 39.7 Å². The summed E-state index contributed by atoms with van der Waals surface area (Å²) in [5, 5.41) is 9.88. The van der Waals surface area contributed by atoms with Gasteiger partial charge in [0.05, 0.1) is 17.7 Å². The van der Waals surface area contributed by atoms with E-state index in [2.05, 4.69) is 0 Å². The number of anilines is 1. The summed E-state index contributed by atoms with van der Waals surface area (Å²) < 4.78 is 33.2. The molecule has 8 nitrogen and oxygen atoms in total. The number of rotatable bonds is 3. The van der Waals surface area contributed by atoms with Gasteiger partial charge in [-0.25, -0.2) is 22.3 Å². The Morgan fingerprint density at radius 3 is 2.34 bits per heavy atom. The number of carbonyl (C=O) groups excluding carboxylic acids is 1. The van der Waals surface area contributed by atoms with Crippen molar-refractivity contribution in [3.05, 3.63) is 60.2 Å². The molecule has 3 atom stereocenters. The van der Waals surface area contributed by atoms with Crippen molar-refractivity contribution in [1.29, 1.82) is 0 Å². The molecule has 2 aromatic carbocycles. The molecule has 0 bridgehead atoms. The molecule has 152 valence electrons. The lowest BCUT2D eigenvalue weighted by atomic mass is 9.90. The first-order valence-corrected chi connectivity index (χ1v) is 10.5. The Bertz CT molecular complexity index is 1090. The Hall–Kier alpha value is -3.07. The van der Waals surface area contributed by atoms with Crippen LogP contribution in [-0.4, -0.2) is 49.3 Å². The smallest absolute Gasteiger partial charge is 0.412 e. The minimum absolute atomic E-state index is 0.0594. The van der Waals surface area contributed by atoms with Crippen LogP contribution in [-0.2, 0) is 19.6 Å². The molecule has 2 heterocycles. The van der Waals surface area contributed by atoms with E-state index in [1.54, 1.807) is 42.5 Å². The molecule has 9 heteroatoms. The van der Waals surface area contributed by atoms with Gasteiger partial charge in [-0.3, -0.25) is 4.90 Å². The zero-order chi connectivity index (χ0) is 21.0. The maximum atomic E-state index is 13.6. The van der Waals surface area contributed by atoms with Gasteiger partial charge in [-0.15, -0.1) is 0 Å². The number of para-hydroxylation sites is 1. The van der Waals surface area contributed by atoms with E-state index in [-0.39, 0.29) is 11.3 Å². The SMILES string of the molecule is COC(=O)N1[C@@H]2[C@H](C[C@@]1(C)C(=O)O)c1ccccc1N2S(=O)(=O)c1ccccc1. The molecule has 4 rings (SSSR count). The molecule has 0 radical (unpaired) electrons. The maximum absolute atomic E-state index is 13.6. The number of hydrogen-bond acceptors (Lipinski definition) is 5. The Labute approximate surface area is 168 Å². The van der Waals surface area contributed by atoms with Gasteiger partial charge in [0.1, 0.15) is 11.7 Å². The van der Waals surface area contributed by atoms with Crippen LogP contribution in [0.3, 0.4) is 0 Å². The lowest BCUT2D eigenvalue weighted by molar-refractivity contribution is -0.148. The van der Waals surface area contributed by atoms with Crippen LogP contribution in [0.2, 0.25) is 0 Å². The second kappa shape index (κ2) is 6.48. The summed E-state index contributed by atoms with van der Waals surface area (Å²) in [6.07, 6.45) is -1.85. The van der Waals surface area contributed by atoms with Gasteiger partial charge in [0.15, 0.2) is 0 Å². The predicted octanol–water partition coefficient (Wildman–Crippen LogP) is 2.62. The Morgan fingerprint density at radius 2 is 1.72 bits per heavy atom. The summed E-state index contributed by atoms with van der Waals surface area (Å²) in [5.41, 5.74) is -0.482. The minimum Gasteiger partial charge on any atom is -0.480 e. The number of likely N-dealkylation sites (tertiary alicyclic amines) is 1. The summed E-state index contributed by atoms with van der Waals surface area (Å²) in [6.45, 7) is 1.42. The molecular weight excluding hydrogens is 396 g/mol. The van der Waals surface area contributed by atoms with Gasteiger partial charge >= 0.3 is 12.1 Å². The molecular formula is C20H20N2O6S. The quantitative estimate of drug-likeness (QED) is 0.825. The average Bonchev–Trinajstić information content (AvgIpc) is 3.19. The number of ether oxygens (including phenoxy) is 1. The topological polar surface area (TPSA) is 104 Å². The third kappa shape index (κ3) is 2.61. The molecule has 0 aromatic heterocycles. The fourth-order valence-electron chi connectivity index (χ4n) is 4.36. The molecule has 0 unspecified atom stereocenters. The van der Waals surface area contributed by atoms with Crippen LogP contribution in [0.15, 0.2) is 59.5 Å². The van der Waals surface area contributed by atoms with E-state index in [4.69, 9.17) is 4.74 Å². The highest BCUT2D eigenvalue weighted by Crippen LogP contribution is 2.55. The zero-order valence-corrected chi connectivity index (χ0v) is 16.7. The van der Waals surface area contributed by atoms with Gasteiger partial charge in [-0.1, -0.05) is 36.4 Å². The van der Waals surface area contributed by atoms with Crippen LogP contribution < -0.4 is 4.31 Å². The van der Waals surface area contributed by atoms with E-state index >= 15 is 0 Å². The largest absolute Gasteiger partial charge is 0.480 e. The first-order chi connectivity index (χ1) is 13.7. The second-order valence-corrected chi connectivity index (χ2v) is 9.13. The van der Waals surface area contributed by atoms with Crippen molar-refractivity contribution in [3.8, 4) is 0 Å². The molecule has 1 amide bonds. The number of fused-ring (bicyclic) bond motifs is 3. The van der Waals surface area contributed by atoms with E-state index in [0.717, 1.165) is 16.3 Å². The fraction of sp³-hybridized carbons (Fsp3) is 0.300. The lowest BCUT2D eigenvalue weighted by Gasteiger charge is -2.38. The van der Waals surface area contributed by atoms with Crippen molar-refractivity contribution in [3.63, 3.8) is 0 Å². The van der Waals surface area contributed by atoms with Gasteiger partial charge in [-0.2, -0.15) is 0 Å². The third-order valence-electron chi connectivity index (χ3n) is 5.72. The average molecular weight is 416 g/mol. The number of hydrogen-bond donors (Lipinski definition) is 1. The van der Waals surface area contributed by atoms with E-state index in [1.807, 2.05) is 0 Å². The van der Waals surface area contributed by atoms with Gasteiger partial charge < -0.3 is 9.84 Å². The first-order valence-electron chi connectivity index (χ1n) is 9.02. The standard InChI is InChI=1S/C20H20N2O6S/c1-20(18(23)24)12-15-14-10-6-7-11-16(14)22(17(15)21(20)19(25)28-2)29(26,27)13-8-4-3-5-9-13/h3-11,15,17H,12H2,1-2H3,(H,23,24)/t15-,17+,20+/m1/s1. The Kier molecular flexibility index (Phi) is 4.30. The van der Waals surface area contributed by atoms with Crippen molar-refractivity contribution in [2.24, 2.45) is 0 Å². The number of amides is 1. The molecule has 2 aliphatic heterocycles. The monoisotopic (exact) mass is 416 g/mol. The number of carbonyl (C=O) groups is 2. The summed E-state index contributed by atoms with van der Waals surface area (Å²) in [7, 11) is -2.92. The molecule has 1 N–H and O–H groups in total. The molecule has 2 aromatic rings. The van der Waals surface area contributed by atoms with E-state index in [9.17, 15) is 23.1 Å². The number of nitrogens with zero attached hydrogens (tertiary/aromatic N) is 2. The molecule has 1 saturated heterocycles. The van der Waals surface area contributed by atoms with Gasteiger partial charge in [0.2, 0.25) is 0 Å². The first kappa shape index (κ1) is 19.3. The summed E-state index contributed by atoms with van der Waals surface area (Å²) >= 11 is 0. The Morgan fingerprint density at radius 1 is 1.10 bits per heavy atom. The van der Waals surface area contributed by atoms with E-state index in [1.165, 1.54) is 19.1 Å². The Balaban J connectivity index is 1.96. The predicted molar refractivity (Wildman–Crippen MR) is 104 cm³/mol. The zero-order valence-electron chi connectivity index (χ0n) is 15.8. The highest BCUT2D eigenvalue weighted by molar-refractivity contribution is 7.92. The van der Waals surface area contributed by atoms with Crippen molar-refractivity contribution in [2.45, 2.75) is 35.9 Å². The van der Waals surface area contributed by atoms with Crippen LogP contribution in [0.1, 0.15) is 24.8 Å². The maximum Gasteiger partial charge on any atom is 0.412 e. The number of carboxylic acids is 1. The molecule has 2 aliphatic rings. The van der Waals surface area contributed by atoms with Gasteiger partial charge in [-0.05, 0) is 37.1 Å². The van der Waals surface area contributed by atoms with Crippen LogP contribution in [0.4, 0.5) is 10.5 Å². The summed E-state index contributed by atoms with van der Waals surface area (Å²) in [4.78, 5) is 25.9. The van der Waals surface area contributed by atoms with Gasteiger partial charge in [0.25, 0.3) is 10.0 Å². The fourth-order valence-corrected chi connectivity index (χ4v) is 6.04. The number of aliphatic carboxylic acids is 1. The molecule has 0 saturated carbocycles. The normalized spacial score (nSPS) is 25.4. The molecule has 0 aliphatic carbocycles. The van der Waals surface area contributed by atoms with Crippen LogP contribution >= 0.6 is 0 Å². The molecule has 29 heavy (non-hydrogen) atoms. The highest BCUT2D eigenvalue weighted by atomic mass is 32.2. The number of methoxy groups -OCH3 is 1.